The van der Waals surface area contributed by atoms with E-state index in [2.05, 4.69) is 15.0 Å². The summed E-state index contributed by atoms with van der Waals surface area (Å²) < 4.78 is 26.1. The third kappa shape index (κ3) is 3.79. The van der Waals surface area contributed by atoms with Crippen LogP contribution in [0.15, 0.2) is 47.5 Å². The normalized spacial score (nSPS) is 11.1. The molecule has 1 heterocycles. The summed E-state index contributed by atoms with van der Waals surface area (Å²) in [5.41, 5.74) is 1.05. The van der Waals surface area contributed by atoms with Crippen LogP contribution in [0.25, 0.3) is 0 Å². The maximum absolute atomic E-state index is 12.0. The lowest BCUT2D eigenvalue weighted by atomic mass is 10.2. The number of benzene rings is 1. The van der Waals surface area contributed by atoms with Gasteiger partial charge in [0.05, 0.1) is 10.5 Å². The Bertz CT molecular complexity index is 844. The fourth-order valence-corrected chi connectivity index (χ4v) is 2.85. The summed E-state index contributed by atoms with van der Waals surface area (Å²) in [6, 6.07) is 9.67. The van der Waals surface area contributed by atoms with Gasteiger partial charge < -0.3 is 10.3 Å². The average molecular weight is 337 g/mol. The molecule has 0 aliphatic carbocycles. The molecule has 0 saturated heterocycles. The predicted molar refractivity (Wildman–Crippen MR) is 85.5 cm³/mol. The maximum Gasteiger partial charge on any atom is 0.254 e. The van der Waals surface area contributed by atoms with Crippen LogP contribution in [0.5, 0.6) is 0 Å². The second-order valence-electron chi connectivity index (χ2n) is 4.45. The minimum Gasteiger partial charge on any atom is -0.352 e. The molecule has 8 heteroatoms. The monoisotopic (exact) mass is 337 g/mol. The first-order valence-corrected chi connectivity index (χ1v) is 8.31. The molecular formula is C14H15N3O3S2. The van der Waals surface area contributed by atoms with Crippen molar-refractivity contribution in [1.82, 2.24) is 15.0 Å². The summed E-state index contributed by atoms with van der Waals surface area (Å²) in [4.78, 5) is 15.0. The van der Waals surface area contributed by atoms with E-state index in [1.54, 1.807) is 30.5 Å². The Morgan fingerprint density at radius 3 is 2.73 bits per heavy atom. The zero-order valence-electron chi connectivity index (χ0n) is 11.8. The number of sulfonamides is 1. The van der Waals surface area contributed by atoms with Gasteiger partial charge in [-0.15, -0.1) is 0 Å². The molecule has 0 spiro atoms. The number of carbonyl (C=O) groups is 1. The van der Waals surface area contributed by atoms with Gasteiger partial charge in [0.1, 0.15) is 4.64 Å². The summed E-state index contributed by atoms with van der Waals surface area (Å²) in [7, 11) is -2.15. The molecule has 0 saturated carbocycles. The van der Waals surface area contributed by atoms with E-state index in [0.717, 1.165) is 0 Å². The Kier molecular flexibility index (Phi) is 5.07. The number of pyridine rings is 1. The number of H-pyrrole nitrogens is 1. The van der Waals surface area contributed by atoms with Gasteiger partial charge in [-0.3, -0.25) is 4.79 Å². The van der Waals surface area contributed by atoms with Gasteiger partial charge in [0.15, 0.2) is 0 Å². The number of amides is 1. The molecule has 0 fully saturated rings. The molecule has 0 aliphatic rings. The Hall–Kier alpha value is -2.03. The van der Waals surface area contributed by atoms with Crippen molar-refractivity contribution in [2.24, 2.45) is 0 Å². The van der Waals surface area contributed by atoms with Crippen molar-refractivity contribution < 1.29 is 13.2 Å². The molecule has 1 aromatic heterocycles. The molecule has 3 N–H and O–H groups in total. The van der Waals surface area contributed by atoms with Crippen molar-refractivity contribution in [1.29, 1.82) is 0 Å². The average Bonchev–Trinajstić information content (AvgIpc) is 2.53. The number of nitrogens with one attached hydrogen (secondary N) is 3. The third-order valence-electron chi connectivity index (χ3n) is 2.99. The third-order valence-corrected chi connectivity index (χ3v) is 4.74. The van der Waals surface area contributed by atoms with Gasteiger partial charge in [0.25, 0.3) is 5.91 Å². The highest BCUT2D eigenvalue weighted by atomic mass is 32.2. The first-order chi connectivity index (χ1) is 10.4. The predicted octanol–water partition coefficient (Wildman–Crippen LogP) is 1.58. The molecule has 0 unspecified atom stereocenters. The van der Waals surface area contributed by atoms with Crippen molar-refractivity contribution in [3.63, 3.8) is 0 Å². The molecule has 6 nitrogen and oxygen atoms in total. The van der Waals surface area contributed by atoms with Crippen molar-refractivity contribution in [2.45, 2.75) is 11.4 Å². The van der Waals surface area contributed by atoms with Gasteiger partial charge in [0, 0.05) is 12.7 Å². The van der Waals surface area contributed by atoms with Crippen LogP contribution in [-0.2, 0) is 16.6 Å². The summed E-state index contributed by atoms with van der Waals surface area (Å²) in [5.74, 6) is -0.316. The maximum atomic E-state index is 12.0. The van der Waals surface area contributed by atoms with Gasteiger partial charge in [-0.25, -0.2) is 13.1 Å². The van der Waals surface area contributed by atoms with E-state index >= 15 is 0 Å². The summed E-state index contributed by atoms with van der Waals surface area (Å²) in [6.07, 6.45) is 1.64. The highest BCUT2D eigenvalue weighted by molar-refractivity contribution is 7.89. The Labute approximate surface area is 133 Å². The van der Waals surface area contributed by atoms with Crippen LogP contribution < -0.4 is 10.0 Å². The van der Waals surface area contributed by atoms with Crippen molar-refractivity contribution in [3.05, 3.63) is 58.4 Å². The molecule has 0 radical (unpaired) electrons. The molecular weight excluding hydrogens is 322 g/mol. The molecule has 1 amide bonds. The van der Waals surface area contributed by atoms with Crippen LogP contribution in [0, 0.1) is 4.64 Å². The number of hydrogen-bond donors (Lipinski definition) is 3. The van der Waals surface area contributed by atoms with Crippen LogP contribution in [0.4, 0.5) is 0 Å². The minimum absolute atomic E-state index is 0.152. The second-order valence-corrected chi connectivity index (χ2v) is 6.75. The largest absolute Gasteiger partial charge is 0.352 e. The highest BCUT2D eigenvalue weighted by Gasteiger charge is 2.12. The number of carbonyl (C=O) groups excluding carboxylic acids is 1. The zero-order valence-corrected chi connectivity index (χ0v) is 13.4. The molecule has 22 heavy (non-hydrogen) atoms. The molecule has 2 rings (SSSR count). The van der Waals surface area contributed by atoms with Crippen LogP contribution in [0.1, 0.15) is 15.9 Å². The van der Waals surface area contributed by atoms with Crippen LogP contribution >= 0.6 is 12.2 Å². The quantitative estimate of drug-likeness (QED) is 0.723. The van der Waals surface area contributed by atoms with Gasteiger partial charge in [-0.2, -0.15) is 0 Å². The zero-order chi connectivity index (χ0) is 16.2. The number of aromatic nitrogens is 1. The summed E-state index contributed by atoms with van der Waals surface area (Å²) >= 11 is 5.04. The SMILES string of the molecule is CNS(=O)(=O)c1cccc(CNC(=O)c2ccc[nH]c2=S)c1. The van der Waals surface area contributed by atoms with Gasteiger partial charge in [0.2, 0.25) is 10.0 Å². The first kappa shape index (κ1) is 16.3. The van der Waals surface area contributed by atoms with E-state index in [0.29, 0.717) is 15.8 Å². The topological polar surface area (TPSA) is 91.1 Å². The molecule has 2 aromatic rings. The van der Waals surface area contributed by atoms with Crippen molar-refractivity contribution >= 4 is 28.1 Å². The summed E-state index contributed by atoms with van der Waals surface area (Å²) in [5, 5.41) is 2.71. The minimum atomic E-state index is -3.50. The lowest BCUT2D eigenvalue weighted by Gasteiger charge is -2.08. The van der Waals surface area contributed by atoms with Crippen LogP contribution in [-0.4, -0.2) is 26.4 Å². The second kappa shape index (κ2) is 6.82. The number of hydrogen-bond acceptors (Lipinski definition) is 4. The van der Waals surface area contributed by atoms with E-state index in [1.807, 2.05) is 0 Å². The summed E-state index contributed by atoms with van der Waals surface area (Å²) in [6.45, 7) is 0.204. The Morgan fingerprint density at radius 2 is 2.05 bits per heavy atom. The molecule has 1 aromatic carbocycles. The van der Waals surface area contributed by atoms with Crippen LogP contribution in [0.3, 0.4) is 0 Å². The highest BCUT2D eigenvalue weighted by Crippen LogP contribution is 2.11. The molecule has 0 atom stereocenters. The molecule has 0 bridgehead atoms. The molecule has 0 aliphatic heterocycles. The van der Waals surface area contributed by atoms with E-state index in [1.165, 1.54) is 19.2 Å². The smallest absolute Gasteiger partial charge is 0.254 e. The number of rotatable bonds is 5. The fraction of sp³-hybridized carbons (Fsp3) is 0.143. The van der Waals surface area contributed by atoms with Crippen molar-refractivity contribution in [3.8, 4) is 0 Å². The van der Waals surface area contributed by atoms with E-state index in [9.17, 15) is 13.2 Å². The Morgan fingerprint density at radius 1 is 1.27 bits per heavy atom. The van der Waals surface area contributed by atoms with Crippen molar-refractivity contribution in [2.75, 3.05) is 7.05 Å². The standard InChI is InChI=1S/C14H15N3O3S2/c1-15-22(19,20)11-5-2-4-10(8-11)9-17-13(18)12-6-3-7-16-14(12)21/h2-8,15H,9H2,1H3,(H,16,21)(H,17,18). The lowest BCUT2D eigenvalue weighted by molar-refractivity contribution is 0.0950. The Balaban J connectivity index is 2.13. The van der Waals surface area contributed by atoms with E-state index in [4.69, 9.17) is 12.2 Å². The van der Waals surface area contributed by atoms with Gasteiger partial charge >= 0.3 is 0 Å². The van der Waals surface area contributed by atoms with Gasteiger partial charge in [-0.1, -0.05) is 24.4 Å². The van der Waals surface area contributed by atoms with Gasteiger partial charge in [-0.05, 0) is 36.9 Å². The fourth-order valence-electron chi connectivity index (χ4n) is 1.82. The van der Waals surface area contributed by atoms with E-state index in [-0.39, 0.29) is 17.3 Å². The first-order valence-electron chi connectivity index (χ1n) is 6.42. The molecule has 116 valence electrons. The lowest BCUT2D eigenvalue weighted by Crippen LogP contribution is -2.24. The number of aromatic amines is 1. The van der Waals surface area contributed by atoms with Crippen LogP contribution in [0.2, 0.25) is 0 Å². The van der Waals surface area contributed by atoms with E-state index < -0.39 is 10.0 Å².